The summed E-state index contributed by atoms with van der Waals surface area (Å²) < 4.78 is 12.9. The molecule has 0 aromatic heterocycles. The summed E-state index contributed by atoms with van der Waals surface area (Å²) in [6, 6.07) is 12.1. The van der Waals surface area contributed by atoms with Crippen LogP contribution in [0.1, 0.15) is 15.9 Å². The third kappa shape index (κ3) is 2.69. The first-order valence-corrected chi connectivity index (χ1v) is 5.47. The average Bonchev–Trinajstić information content (AvgIpc) is 2.39. The monoisotopic (exact) mass is 255 g/mol. The molecule has 1 amide bonds. The van der Waals surface area contributed by atoms with Crippen molar-refractivity contribution in [3.63, 3.8) is 0 Å². The van der Waals surface area contributed by atoms with Crippen molar-refractivity contribution in [3.05, 3.63) is 59.4 Å². The van der Waals surface area contributed by atoms with Crippen LogP contribution in [0.5, 0.6) is 0 Å². The molecule has 0 bridgehead atoms. The van der Waals surface area contributed by atoms with Gasteiger partial charge in [0.15, 0.2) is 0 Å². The first-order valence-electron chi connectivity index (χ1n) is 5.47. The number of nitrogen functional groups attached to an aromatic ring is 1. The van der Waals surface area contributed by atoms with Gasteiger partial charge in [0.05, 0.1) is 16.8 Å². The molecular formula is C14H10FN3O. The van der Waals surface area contributed by atoms with Crippen LogP contribution in [0.25, 0.3) is 0 Å². The van der Waals surface area contributed by atoms with Crippen LogP contribution in [0.2, 0.25) is 0 Å². The lowest BCUT2D eigenvalue weighted by molar-refractivity contribution is 0.102. The zero-order chi connectivity index (χ0) is 13.8. The molecule has 0 saturated carbocycles. The molecule has 0 fully saturated rings. The fraction of sp³-hybridized carbons (Fsp3) is 0. The van der Waals surface area contributed by atoms with Crippen LogP contribution in [0, 0.1) is 17.1 Å². The maximum atomic E-state index is 12.9. The van der Waals surface area contributed by atoms with Gasteiger partial charge in [-0.3, -0.25) is 4.79 Å². The SMILES string of the molecule is N#Cc1ccccc1NC(=O)c1ccc(F)cc1N. The van der Waals surface area contributed by atoms with E-state index >= 15 is 0 Å². The third-order valence-corrected chi connectivity index (χ3v) is 2.55. The van der Waals surface area contributed by atoms with E-state index in [0.29, 0.717) is 11.3 Å². The van der Waals surface area contributed by atoms with Gasteiger partial charge in [0.2, 0.25) is 0 Å². The zero-order valence-corrected chi connectivity index (χ0v) is 9.85. The molecule has 2 aromatic rings. The van der Waals surface area contributed by atoms with Gasteiger partial charge in [-0.2, -0.15) is 5.26 Å². The topological polar surface area (TPSA) is 78.9 Å². The average molecular weight is 255 g/mol. The number of hydrogen-bond donors (Lipinski definition) is 2. The molecule has 3 N–H and O–H groups in total. The van der Waals surface area contributed by atoms with E-state index in [1.807, 2.05) is 6.07 Å². The highest BCUT2D eigenvalue weighted by Gasteiger charge is 2.12. The van der Waals surface area contributed by atoms with Crippen molar-refractivity contribution in [2.24, 2.45) is 0 Å². The Kier molecular flexibility index (Phi) is 3.44. The van der Waals surface area contributed by atoms with Crippen LogP contribution in [-0.2, 0) is 0 Å². The summed E-state index contributed by atoms with van der Waals surface area (Å²) >= 11 is 0. The van der Waals surface area contributed by atoms with Crippen molar-refractivity contribution in [1.29, 1.82) is 5.26 Å². The molecule has 0 radical (unpaired) electrons. The molecule has 5 heteroatoms. The molecule has 0 aliphatic rings. The Bertz CT molecular complexity index is 677. The summed E-state index contributed by atoms with van der Waals surface area (Å²) in [5, 5.41) is 11.5. The van der Waals surface area contributed by atoms with E-state index in [-0.39, 0.29) is 11.3 Å². The Morgan fingerprint density at radius 3 is 2.68 bits per heavy atom. The summed E-state index contributed by atoms with van der Waals surface area (Å²) in [4.78, 5) is 12.0. The third-order valence-electron chi connectivity index (χ3n) is 2.55. The first-order chi connectivity index (χ1) is 9.11. The second kappa shape index (κ2) is 5.19. The minimum atomic E-state index is -0.508. The van der Waals surface area contributed by atoms with E-state index < -0.39 is 11.7 Å². The summed E-state index contributed by atoms with van der Waals surface area (Å²) in [5.41, 5.74) is 6.52. The molecule has 0 aliphatic carbocycles. The molecule has 0 heterocycles. The van der Waals surface area contributed by atoms with Gasteiger partial charge >= 0.3 is 0 Å². The van der Waals surface area contributed by atoms with Crippen molar-refractivity contribution in [1.82, 2.24) is 0 Å². The fourth-order valence-corrected chi connectivity index (χ4v) is 1.62. The van der Waals surface area contributed by atoms with Crippen molar-refractivity contribution >= 4 is 17.3 Å². The lowest BCUT2D eigenvalue weighted by atomic mass is 10.1. The number of benzene rings is 2. The number of rotatable bonds is 2. The van der Waals surface area contributed by atoms with Crippen molar-refractivity contribution in [2.45, 2.75) is 0 Å². The number of nitrogens with zero attached hydrogens (tertiary/aromatic N) is 1. The Labute approximate surface area is 109 Å². The molecule has 2 aromatic carbocycles. The maximum absolute atomic E-state index is 12.9. The summed E-state index contributed by atoms with van der Waals surface area (Å²) in [6.07, 6.45) is 0. The summed E-state index contributed by atoms with van der Waals surface area (Å²) in [6.45, 7) is 0. The maximum Gasteiger partial charge on any atom is 0.257 e. The van der Waals surface area contributed by atoms with Crippen LogP contribution in [0.4, 0.5) is 15.8 Å². The minimum Gasteiger partial charge on any atom is -0.398 e. The van der Waals surface area contributed by atoms with Gasteiger partial charge in [0.1, 0.15) is 11.9 Å². The van der Waals surface area contributed by atoms with Crippen LogP contribution in [-0.4, -0.2) is 5.91 Å². The van der Waals surface area contributed by atoms with Gasteiger partial charge in [-0.05, 0) is 30.3 Å². The van der Waals surface area contributed by atoms with Gasteiger partial charge in [0.25, 0.3) is 5.91 Å². The molecule has 0 spiro atoms. The molecule has 94 valence electrons. The van der Waals surface area contributed by atoms with Crippen LogP contribution in [0.3, 0.4) is 0 Å². The highest BCUT2D eigenvalue weighted by molar-refractivity contribution is 6.08. The minimum absolute atomic E-state index is 0.0481. The number of carbonyl (C=O) groups excluding carboxylic acids is 1. The quantitative estimate of drug-likeness (QED) is 0.809. The van der Waals surface area contributed by atoms with Gasteiger partial charge in [-0.1, -0.05) is 12.1 Å². The van der Waals surface area contributed by atoms with E-state index in [4.69, 9.17) is 11.0 Å². The van der Waals surface area contributed by atoms with Crippen molar-refractivity contribution < 1.29 is 9.18 Å². The summed E-state index contributed by atoms with van der Waals surface area (Å²) in [7, 11) is 0. The molecule has 0 aliphatic heterocycles. The lowest BCUT2D eigenvalue weighted by Gasteiger charge is -2.08. The molecule has 0 atom stereocenters. The van der Waals surface area contributed by atoms with Crippen molar-refractivity contribution in [2.75, 3.05) is 11.1 Å². The predicted octanol–water partition coefficient (Wildman–Crippen LogP) is 2.53. The second-order valence-corrected chi connectivity index (χ2v) is 3.84. The normalized spacial score (nSPS) is 9.68. The smallest absolute Gasteiger partial charge is 0.257 e. The van der Waals surface area contributed by atoms with Crippen LogP contribution in [0.15, 0.2) is 42.5 Å². The number of para-hydroxylation sites is 1. The number of nitrogens with two attached hydrogens (primary N) is 1. The number of anilines is 2. The lowest BCUT2D eigenvalue weighted by Crippen LogP contribution is -2.15. The number of nitrogens with one attached hydrogen (secondary N) is 1. The van der Waals surface area contributed by atoms with E-state index in [2.05, 4.69) is 5.32 Å². The number of halogens is 1. The molecule has 0 unspecified atom stereocenters. The standard InChI is InChI=1S/C14H10FN3O/c15-10-5-6-11(12(17)7-10)14(19)18-13-4-2-1-3-9(13)8-16/h1-7H,17H2,(H,18,19). The van der Waals surface area contributed by atoms with Gasteiger partial charge < -0.3 is 11.1 Å². The van der Waals surface area contributed by atoms with Gasteiger partial charge in [-0.15, -0.1) is 0 Å². The Hall–Kier alpha value is -2.87. The van der Waals surface area contributed by atoms with E-state index in [1.165, 1.54) is 6.07 Å². The molecular weight excluding hydrogens is 245 g/mol. The molecule has 0 saturated heterocycles. The zero-order valence-electron chi connectivity index (χ0n) is 9.85. The Morgan fingerprint density at radius 1 is 1.26 bits per heavy atom. The van der Waals surface area contributed by atoms with Gasteiger partial charge in [0, 0.05) is 5.69 Å². The van der Waals surface area contributed by atoms with Crippen molar-refractivity contribution in [3.8, 4) is 6.07 Å². The van der Waals surface area contributed by atoms with Crippen LogP contribution < -0.4 is 11.1 Å². The number of nitriles is 1. The predicted molar refractivity (Wildman–Crippen MR) is 69.9 cm³/mol. The molecule has 4 nitrogen and oxygen atoms in total. The van der Waals surface area contributed by atoms with Gasteiger partial charge in [-0.25, -0.2) is 4.39 Å². The number of hydrogen-bond acceptors (Lipinski definition) is 3. The number of amides is 1. The molecule has 19 heavy (non-hydrogen) atoms. The first kappa shape index (κ1) is 12.6. The second-order valence-electron chi connectivity index (χ2n) is 3.84. The van der Waals surface area contributed by atoms with Crippen LogP contribution >= 0.6 is 0 Å². The van der Waals surface area contributed by atoms with E-state index in [1.54, 1.807) is 24.3 Å². The Balaban J connectivity index is 2.29. The van der Waals surface area contributed by atoms with E-state index in [9.17, 15) is 9.18 Å². The Morgan fingerprint density at radius 2 is 2.00 bits per heavy atom. The highest BCUT2D eigenvalue weighted by Crippen LogP contribution is 2.18. The highest BCUT2D eigenvalue weighted by atomic mass is 19.1. The summed E-state index contributed by atoms with van der Waals surface area (Å²) in [5.74, 6) is -0.994. The van der Waals surface area contributed by atoms with E-state index in [0.717, 1.165) is 12.1 Å². The molecule has 2 rings (SSSR count). The largest absolute Gasteiger partial charge is 0.398 e. The fourth-order valence-electron chi connectivity index (χ4n) is 1.62. The number of carbonyl (C=O) groups is 1.